The fourth-order valence-electron chi connectivity index (χ4n) is 6.47. The zero-order chi connectivity index (χ0) is 29.0. The molecule has 0 saturated carbocycles. The van der Waals surface area contributed by atoms with E-state index in [-0.39, 0.29) is 54.7 Å². The van der Waals surface area contributed by atoms with Crippen LogP contribution in [0.1, 0.15) is 91.4 Å². The second kappa shape index (κ2) is 16.3. The van der Waals surface area contributed by atoms with Gasteiger partial charge in [0.2, 0.25) is 5.91 Å². The maximum Gasteiger partial charge on any atom is 0.309 e. The Morgan fingerprint density at radius 1 is 0.878 bits per heavy atom. The van der Waals surface area contributed by atoms with Crippen molar-refractivity contribution in [3.63, 3.8) is 0 Å². The molecule has 0 spiro atoms. The minimum atomic E-state index is -0.375. The topological polar surface area (TPSA) is 65.1 Å². The maximum atomic E-state index is 13.1. The Labute approximate surface area is 247 Å². The van der Waals surface area contributed by atoms with Crippen LogP contribution in [0.25, 0.3) is 0 Å². The van der Waals surface area contributed by atoms with Crippen molar-refractivity contribution in [3.8, 4) is 0 Å². The lowest BCUT2D eigenvalue weighted by Gasteiger charge is -2.37. The van der Waals surface area contributed by atoms with Crippen LogP contribution < -0.4 is 0 Å². The summed E-state index contributed by atoms with van der Waals surface area (Å²) in [6.07, 6.45) is 28.1. The molecule has 3 fully saturated rings. The number of nitrogens with zero attached hydrogens (tertiary/aromatic N) is 1. The normalized spacial score (nSPS) is 35.9. The number of rotatable bonds is 5. The number of ether oxygens (including phenoxy) is 3. The van der Waals surface area contributed by atoms with Gasteiger partial charge >= 0.3 is 5.97 Å². The molecule has 0 radical (unpaired) electrons. The van der Waals surface area contributed by atoms with Crippen molar-refractivity contribution in [3.05, 3.63) is 60.3 Å². The number of amides is 1. The summed E-state index contributed by atoms with van der Waals surface area (Å²) in [5.74, 6) is 0.381. The van der Waals surface area contributed by atoms with E-state index in [1.807, 2.05) is 41.4 Å². The second-order valence-electron chi connectivity index (χ2n) is 12.4. The molecule has 6 heteroatoms. The number of esters is 1. The van der Waals surface area contributed by atoms with E-state index in [1.165, 1.54) is 12.0 Å². The van der Waals surface area contributed by atoms with Gasteiger partial charge in [0.15, 0.2) is 0 Å². The van der Waals surface area contributed by atoms with E-state index >= 15 is 0 Å². The summed E-state index contributed by atoms with van der Waals surface area (Å²) >= 11 is 0. The van der Waals surface area contributed by atoms with Crippen molar-refractivity contribution in [1.82, 2.24) is 4.90 Å². The first-order chi connectivity index (χ1) is 19.9. The second-order valence-corrected chi connectivity index (χ2v) is 12.4. The van der Waals surface area contributed by atoms with Crippen molar-refractivity contribution >= 4 is 11.9 Å². The highest BCUT2D eigenvalue weighted by atomic mass is 16.5. The fourth-order valence-corrected chi connectivity index (χ4v) is 6.47. The molecule has 0 aromatic carbocycles. The zero-order valence-electron chi connectivity index (χ0n) is 25.4. The Bertz CT molecular complexity index is 1000. The fraction of sp³-hybridized carbons (Fsp3) is 0.657. The molecule has 6 nitrogen and oxygen atoms in total. The van der Waals surface area contributed by atoms with Gasteiger partial charge in [0.05, 0.1) is 30.8 Å². The predicted molar refractivity (Wildman–Crippen MR) is 163 cm³/mol. The standard InChI is InChI=1S/C35H51NO5/c1-4-28-22-31-24-30-14-12-13-29(39-30)21-26(2)17-18-27(3)33(41-35(38)25-32(23-28)40-31)15-8-6-5-7-9-16-34(37)36-19-10-11-20-36/h4-9,15,17-18,26-27,29-33H,10-14,16,19-25H2,1-3H3/b6-5-,9-7+,15-8+,18-17+,28-4-. The van der Waals surface area contributed by atoms with Gasteiger partial charge < -0.3 is 19.1 Å². The van der Waals surface area contributed by atoms with E-state index < -0.39 is 0 Å². The molecule has 0 aromatic rings. The van der Waals surface area contributed by atoms with E-state index in [2.05, 4.69) is 39.0 Å². The number of carbonyl (C=O) groups is 2. The molecule has 4 heterocycles. The van der Waals surface area contributed by atoms with Gasteiger partial charge in [-0.15, -0.1) is 0 Å². The number of fused-ring (bicyclic) bond motifs is 4. The summed E-state index contributed by atoms with van der Waals surface area (Å²) in [5.41, 5.74) is 1.36. The number of likely N-dealkylation sites (tertiary alicyclic amines) is 1. The Balaban J connectivity index is 1.41. The van der Waals surface area contributed by atoms with Gasteiger partial charge in [-0.25, -0.2) is 0 Å². The Hall–Kier alpha value is -2.44. The van der Waals surface area contributed by atoms with Gasteiger partial charge in [-0.05, 0) is 70.3 Å². The summed E-state index contributed by atoms with van der Waals surface area (Å²) in [5, 5.41) is 0. The van der Waals surface area contributed by atoms with Crippen LogP contribution in [0.3, 0.4) is 0 Å². The van der Waals surface area contributed by atoms with E-state index in [9.17, 15) is 9.59 Å². The van der Waals surface area contributed by atoms with Crippen molar-refractivity contribution in [2.45, 2.75) is 122 Å². The van der Waals surface area contributed by atoms with E-state index in [1.54, 1.807) is 0 Å². The molecule has 1 amide bonds. The van der Waals surface area contributed by atoms with Crippen LogP contribution in [0.4, 0.5) is 0 Å². The molecule has 0 aromatic heterocycles. The van der Waals surface area contributed by atoms with Gasteiger partial charge in [0.25, 0.3) is 0 Å². The number of cyclic esters (lactones) is 1. The van der Waals surface area contributed by atoms with Gasteiger partial charge in [-0.1, -0.05) is 68.0 Å². The molecule has 7 atom stereocenters. The average Bonchev–Trinajstić information content (AvgIpc) is 3.49. The Kier molecular flexibility index (Phi) is 12.5. The molecule has 4 aliphatic rings. The lowest BCUT2D eigenvalue weighted by atomic mass is 9.90. The highest BCUT2D eigenvalue weighted by molar-refractivity contribution is 5.77. The van der Waals surface area contributed by atoms with Crippen LogP contribution in [-0.2, 0) is 23.8 Å². The third-order valence-corrected chi connectivity index (χ3v) is 8.82. The Morgan fingerprint density at radius 2 is 1.59 bits per heavy atom. The summed E-state index contributed by atoms with van der Waals surface area (Å²) in [6, 6.07) is 0. The van der Waals surface area contributed by atoms with Crippen LogP contribution in [0.5, 0.6) is 0 Å². The predicted octanol–water partition coefficient (Wildman–Crippen LogP) is 7.02. The van der Waals surface area contributed by atoms with Crippen LogP contribution in [0.2, 0.25) is 0 Å². The largest absolute Gasteiger partial charge is 0.457 e. The van der Waals surface area contributed by atoms with Gasteiger partial charge in [-0.3, -0.25) is 9.59 Å². The van der Waals surface area contributed by atoms with Crippen LogP contribution in [-0.4, -0.2) is 60.4 Å². The van der Waals surface area contributed by atoms with Crippen molar-refractivity contribution in [2.24, 2.45) is 11.8 Å². The lowest BCUT2D eigenvalue weighted by Crippen LogP contribution is -2.37. The molecular formula is C35H51NO5. The van der Waals surface area contributed by atoms with Crippen molar-refractivity contribution in [2.75, 3.05) is 13.1 Å². The molecule has 0 aliphatic carbocycles. The SMILES string of the molecule is C/C=C1\CC2CC(=O)OC(/C=C/C=C\C=C\CC(=O)N3CCCC3)C(C)/C=C/C(C)CC3CCCC(CC(C1)O2)O3. The summed E-state index contributed by atoms with van der Waals surface area (Å²) in [6.45, 7) is 8.19. The summed E-state index contributed by atoms with van der Waals surface area (Å²) in [4.78, 5) is 27.3. The first-order valence-corrected chi connectivity index (χ1v) is 16.0. The highest BCUT2D eigenvalue weighted by Gasteiger charge is 2.32. The molecule has 41 heavy (non-hydrogen) atoms. The van der Waals surface area contributed by atoms with E-state index in [0.29, 0.717) is 12.3 Å². The first-order valence-electron chi connectivity index (χ1n) is 16.0. The third-order valence-electron chi connectivity index (χ3n) is 8.82. The van der Waals surface area contributed by atoms with E-state index in [0.717, 1.165) is 64.5 Å². The summed E-state index contributed by atoms with van der Waals surface area (Å²) < 4.78 is 19.0. The average molecular weight is 566 g/mol. The van der Waals surface area contributed by atoms with Crippen LogP contribution in [0, 0.1) is 11.8 Å². The zero-order valence-corrected chi connectivity index (χ0v) is 25.4. The van der Waals surface area contributed by atoms with Crippen molar-refractivity contribution < 1.29 is 23.8 Å². The van der Waals surface area contributed by atoms with Crippen LogP contribution in [0.15, 0.2) is 60.3 Å². The number of carbonyl (C=O) groups excluding carboxylic acids is 2. The molecule has 226 valence electrons. The molecule has 0 N–H and O–H groups in total. The molecule has 7 unspecified atom stereocenters. The van der Waals surface area contributed by atoms with Gasteiger partial charge in [0, 0.05) is 31.8 Å². The molecule has 4 rings (SSSR count). The molecular weight excluding hydrogens is 514 g/mol. The minimum Gasteiger partial charge on any atom is -0.457 e. The van der Waals surface area contributed by atoms with Crippen LogP contribution >= 0.6 is 0 Å². The smallest absolute Gasteiger partial charge is 0.309 e. The summed E-state index contributed by atoms with van der Waals surface area (Å²) in [7, 11) is 0. The molecule has 4 aliphatic heterocycles. The van der Waals surface area contributed by atoms with E-state index in [4.69, 9.17) is 14.2 Å². The maximum absolute atomic E-state index is 13.1. The van der Waals surface area contributed by atoms with Crippen molar-refractivity contribution in [1.29, 1.82) is 0 Å². The highest BCUT2D eigenvalue weighted by Crippen LogP contribution is 2.33. The lowest BCUT2D eigenvalue weighted by molar-refractivity contribution is -0.154. The quantitative estimate of drug-likeness (QED) is 0.204. The number of allylic oxidation sites excluding steroid dienone is 6. The number of hydrogen-bond donors (Lipinski definition) is 0. The monoisotopic (exact) mass is 565 g/mol. The minimum absolute atomic E-state index is 0.0266. The molecule has 4 bridgehead atoms. The van der Waals surface area contributed by atoms with Gasteiger partial charge in [-0.2, -0.15) is 0 Å². The Morgan fingerprint density at radius 3 is 2.37 bits per heavy atom. The third kappa shape index (κ3) is 10.4. The molecule has 3 saturated heterocycles. The first kappa shape index (κ1) is 31.5. The number of hydrogen-bond acceptors (Lipinski definition) is 5. The van der Waals surface area contributed by atoms with Gasteiger partial charge in [0.1, 0.15) is 6.10 Å².